The SMILES string of the molecule is O=C(Nc1nnc(-c2ccccn2)o1)c1ccc(S(=O)(=O)N2CCc3ccccc32)cc1. The highest BCUT2D eigenvalue weighted by Gasteiger charge is 2.30. The van der Waals surface area contributed by atoms with E-state index < -0.39 is 15.9 Å². The standard InChI is InChI=1S/C22H17N5O4S/c28-20(24-22-26-25-21(31-22)18-6-3-4-13-23-18)16-8-10-17(11-9-16)32(29,30)27-14-12-15-5-1-2-7-19(15)27/h1-11,13H,12,14H2,(H,24,26,28). The van der Waals surface area contributed by atoms with Crippen LogP contribution in [0.15, 0.2) is 82.2 Å². The molecular formula is C22H17N5O4S. The normalized spacial score (nSPS) is 13.1. The molecule has 0 spiro atoms. The van der Waals surface area contributed by atoms with Crippen LogP contribution in [0.3, 0.4) is 0 Å². The highest BCUT2D eigenvalue weighted by atomic mass is 32.2. The summed E-state index contributed by atoms with van der Waals surface area (Å²) in [5.74, 6) is -0.329. The van der Waals surface area contributed by atoms with Gasteiger partial charge in [0.05, 0.1) is 10.6 Å². The fourth-order valence-electron chi connectivity index (χ4n) is 3.50. The van der Waals surface area contributed by atoms with E-state index >= 15 is 0 Å². The minimum absolute atomic E-state index is 0.0824. The number of carbonyl (C=O) groups is 1. The van der Waals surface area contributed by atoms with Crippen molar-refractivity contribution in [3.63, 3.8) is 0 Å². The molecule has 4 aromatic rings. The van der Waals surface area contributed by atoms with Crippen LogP contribution >= 0.6 is 0 Å². The first-order valence-corrected chi connectivity index (χ1v) is 11.2. The zero-order chi connectivity index (χ0) is 22.1. The molecule has 0 fully saturated rings. The van der Waals surface area contributed by atoms with Crippen LogP contribution in [0.25, 0.3) is 11.6 Å². The molecule has 0 atom stereocenters. The molecule has 3 heterocycles. The molecule has 1 amide bonds. The maximum Gasteiger partial charge on any atom is 0.322 e. The number of para-hydroxylation sites is 1. The molecular weight excluding hydrogens is 430 g/mol. The first-order valence-electron chi connectivity index (χ1n) is 9.79. The minimum atomic E-state index is -3.73. The first-order chi connectivity index (χ1) is 15.5. The lowest BCUT2D eigenvalue weighted by molar-refractivity contribution is 0.102. The molecule has 2 aromatic carbocycles. The van der Waals surface area contributed by atoms with Crippen molar-refractivity contribution in [1.29, 1.82) is 0 Å². The first kappa shape index (κ1) is 19.9. The minimum Gasteiger partial charge on any atom is -0.401 e. The average molecular weight is 447 g/mol. The lowest BCUT2D eigenvalue weighted by Gasteiger charge is -2.19. The van der Waals surface area contributed by atoms with E-state index in [1.54, 1.807) is 30.5 Å². The number of amides is 1. The number of nitrogens with one attached hydrogen (secondary N) is 1. The lowest BCUT2D eigenvalue weighted by atomic mass is 10.2. The predicted molar refractivity (Wildman–Crippen MR) is 117 cm³/mol. The molecule has 1 aliphatic rings. The number of sulfonamides is 1. The largest absolute Gasteiger partial charge is 0.401 e. The van der Waals surface area contributed by atoms with Crippen LogP contribution in [0.1, 0.15) is 15.9 Å². The van der Waals surface area contributed by atoms with Crippen LogP contribution in [-0.2, 0) is 16.4 Å². The van der Waals surface area contributed by atoms with Crippen LogP contribution in [0.4, 0.5) is 11.7 Å². The van der Waals surface area contributed by atoms with Gasteiger partial charge in [0, 0.05) is 18.3 Å². The summed E-state index contributed by atoms with van der Waals surface area (Å²) in [5.41, 5.74) is 2.42. The molecule has 0 bridgehead atoms. The number of hydrogen-bond acceptors (Lipinski definition) is 7. The van der Waals surface area contributed by atoms with Crippen LogP contribution in [0, 0.1) is 0 Å². The second kappa shape index (κ2) is 7.89. The Morgan fingerprint density at radius 1 is 0.969 bits per heavy atom. The van der Waals surface area contributed by atoms with Crippen molar-refractivity contribution in [2.75, 3.05) is 16.2 Å². The summed E-state index contributed by atoms with van der Waals surface area (Å²) in [6, 6.07) is 18.3. The molecule has 5 rings (SSSR count). The smallest absolute Gasteiger partial charge is 0.322 e. The third-order valence-electron chi connectivity index (χ3n) is 5.08. The Bertz CT molecular complexity index is 1390. The summed E-state index contributed by atoms with van der Waals surface area (Å²) >= 11 is 0. The van der Waals surface area contributed by atoms with Gasteiger partial charge in [-0.3, -0.25) is 19.4 Å². The van der Waals surface area contributed by atoms with E-state index in [9.17, 15) is 13.2 Å². The van der Waals surface area contributed by atoms with E-state index in [2.05, 4.69) is 20.5 Å². The average Bonchev–Trinajstić information content (AvgIpc) is 3.47. The molecule has 1 aliphatic heterocycles. The topological polar surface area (TPSA) is 118 Å². The highest BCUT2D eigenvalue weighted by Crippen LogP contribution is 2.32. The number of rotatable bonds is 5. The van der Waals surface area contributed by atoms with Gasteiger partial charge in [0.15, 0.2) is 0 Å². The van der Waals surface area contributed by atoms with Gasteiger partial charge in [-0.05, 0) is 54.4 Å². The van der Waals surface area contributed by atoms with E-state index in [1.807, 2.05) is 18.2 Å². The molecule has 0 unspecified atom stereocenters. The number of pyridine rings is 1. The fraction of sp³-hybridized carbons (Fsp3) is 0.0909. The van der Waals surface area contributed by atoms with E-state index in [-0.39, 0.29) is 22.4 Å². The molecule has 0 aliphatic carbocycles. The molecule has 10 heteroatoms. The quantitative estimate of drug-likeness (QED) is 0.499. The number of aromatic nitrogens is 3. The van der Waals surface area contributed by atoms with Crippen LogP contribution < -0.4 is 9.62 Å². The van der Waals surface area contributed by atoms with Crippen molar-refractivity contribution in [3.8, 4) is 11.6 Å². The molecule has 0 saturated carbocycles. The summed E-state index contributed by atoms with van der Waals surface area (Å²) in [5, 5.41) is 10.2. The van der Waals surface area contributed by atoms with Crippen LogP contribution in [0.5, 0.6) is 0 Å². The molecule has 160 valence electrons. The number of anilines is 2. The van der Waals surface area contributed by atoms with Gasteiger partial charge in [0.25, 0.3) is 21.8 Å². The molecule has 2 aromatic heterocycles. The maximum atomic E-state index is 13.1. The number of hydrogen-bond donors (Lipinski definition) is 1. The molecule has 0 radical (unpaired) electrons. The van der Waals surface area contributed by atoms with E-state index in [0.717, 1.165) is 5.56 Å². The molecule has 0 saturated heterocycles. The second-order valence-electron chi connectivity index (χ2n) is 7.06. The van der Waals surface area contributed by atoms with E-state index in [4.69, 9.17) is 4.42 Å². The Morgan fingerprint density at radius 3 is 2.53 bits per heavy atom. The van der Waals surface area contributed by atoms with Gasteiger partial charge in [0.1, 0.15) is 5.69 Å². The lowest BCUT2D eigenvalue weighted by Crippen LogP contribution is -2.29. The van der Waals surface area contributed by atoms with Gasteiger partial charge in [-0.2, -0.15) is 0 Å². The monoisotopic (exact) mass is 447 g/mol. The fourth-order valence-corrected chi connectivity index (χ4v) is 5.00. The third kappa shape index (κ3) is 3.60. The number of benzene rings is 2. The summed E-state index contributed by atoms with van der Waals surface area (Å²) in [6.07, 6.45) is 2.26. The summed E-state index contributed by atoms with van der Waals surface area (Å²) in [7, 11) is -3.73. The van der Waals surface area contributed by atoms with E-state index in [1.165, 1.54) is 28.6 Å². The van der Waals surface area contributed by atoms with Gasteiger partial charge < -0.3 is 4.42 Å². The number of nitrogens with zero attached hydrogens (tertiary/aromatic N) is 4. The van der Waals surface area contributed by atoms with Crippen molar-refractivity contribution in [2.24, 2.45) is 0 Å². The van der Waals surface area contributed by atoms with Gasteiger partial charge in [0.2, 0.25) is 0 Å². The maximum absolute atomic E-state index is 13.1. The van der Waals surface area contributed by atoms with Gasteiger partial charge in [-0.1, -0.05) is 29.4 Å². The Balaban J connectivity index is 1.32. The van der Waals surface area contributed by atoms with Gasteiger partial charge in [-0.25, -0.2) is 8.42 Å². The zero-order valence-electron chi connectivity index (χ0n) is 16.7. The third-order valence-corrected chi connectivity index (χ3v) is 6.91. The van der Waals surface area contributed by atoms with Crippen molar-refractivity contribution in [3.05, 3.63) is 84.1 Å². The Hall–Kier alpha value is -4.05. The van der Waals surface area contributed by atoms with E-state index in [0.29, 0.717) is 24.3 Å². The molecule has 32 heavy (non-hydrogen) atoms. The zero-order valence-corrected chi connectivity index (χ0v) is 17.5. The summed E-state index contributed by atoms with van der Waals surface area (Å²) < 4.78 is 33.0. The van der Waals surface area contributed by atoms with Crippen molar-refractivity contribution >= 4 is 27.6 Å². The van der Waals surface area contributed by atoms with Gasteiger partial charge in [-0.15, -0.1) is 5.10 Å². The Kier molecular flexibility index (Phi) is 4.91. The summed E-state index contributed by atoms with van der Waals surface area (Å²) in [4.78, 5) is 16.7. The Labute approximate surface area is 183 Å². The van der Waals surface area contributed by atoms with Gasteiger partial charge >= 0.3 is 6.01 Å². The molecule has 1 N–H and O–H groups in total. The number of carbonyl (C=O) groups excluding carboxylic acids is 1. The second-order valence-corrected chi connectivity index (χ2v) is 8.92. The van der Waals surface area contributed by atoms with Crippen LogP contribution in [-0.4, -0.2) is 36.1 Å². The van der Waals surface area contributed by atoms with Crippen LogP contribution in [0.2, 0.25) is 0 Å². The number of fused-ring (bicyclic) bond motifs is 1. The predicted octanol–water partition coefficient (Wildman–Crippen LogP) is 3.14. The highest BCUT2D eigenvalue weighted by molar-refractivity contribution is 7.92. The van der Waals surface area contributed by atoms with Crippen molar-refractivity contribution in [1.82, 2.24) is 15.2 Å². The summed E-state index contributed by atoms with van der Waals surface area (Å²) in [6.45, 7) is 0.389. The Morgan fingerprint density at radius 2 is 1.75 bits per heavy atom. The van der Waals surface area contributed by atoms with Crippen molar-refractivity contribution < 1.29 is 17.6 Å². The van der Waals surface area contributed by atoms with Crippen molar-refractivity contribution in [2.45, 2.75) is 11.3 Å². The molecule has 9 nitrogen and oxygen atoms in total.